The monoisotopic (exact) mass is 1140 g/mol. The highest BCUT2D eigenvalue weighted by Crippen LogP contribution is 2.30. The van der Waals surface area contributed by atoms with Crippen LogP contribution in [0.25, 0.3) is 0 Å². The van der Waals surface area contributed by atoms with Crippen molar-refractivity contribution in [1.29, 1.82) is 42.1 Å². The van der Waals surface area contributed by atoms with Crippen molar-refractivity contribution >= 4 is 0 Å². The first kappa shape index (κ1) is 58.9. The summed E-state index contributed by atoms with van der Waals surface area (Å²) in [5, 5.41) is 88.3. The van der Waals surface area contributed by atoms with Crippen LogP contribution in [-0.4, -0.2) is 59.1 Å². The van der Waals surface area contributed by atoms with Gasteiger partial charge in [-0.3, -0.25) is 0 Å². The second-order valence-electron chi connectivity index (χ2n) is 19.0. The number of aromatic nitrogens is 12. The van der Waals surface area contributed by atoms with Gasteiger partial charge >= 0.3 is 0 Å². The zero-order chi connectivity index (χ0) is 61.5. The predicted octanol–water partition coefficient (Wildman–Crippen LogP) is 10.6. The van der Waals surface area contributed by atoms with Crippen LogP contribution in [0.1, 0.15) is 113 Å². The summed E-state index contributed by atoms with van der Waals surface area (Å²) in [6.45, 7) is 0. The Balaban J connectivity index is 0.000000140. The summed E-state index contributed by atoms with van der Waals surface area (Å²) >= 11 is 0. The van der Waals surface area contributed by atoms with E-state index in [2.05, 4.69) is 88.9 Å². The number of hydrogen-bond donors (Lipinski definition) is 0. The molecule has 88 heavy (non-hydrogen) atoms. The molecule has 0 radical (unpaired) electrons. The summed E-state index contributed by atoms with van der Waals surface area (Å²) in [4.78, 5) is 16.0. The molecule has 12 aromatic rings. The van der Waals surface area contributed by atoms with Crippen LogP contribution >= 0.6 is 0 Å². The van der Waals surface area contributed by atoms with Gasteiger partial charge in [0.15, 0.2) is 0 Å². The van der Waals surface area contributed by atoms with Crippen LogP contribution in [0.3, 0.4) is 0 Å². The highest BCUT2D eigenvalue weighted by molar-refractivity contribution is 5.45. The van der Waals surface area contributed by atoms with Gasteiger partial charge in [0.25, 0.3) is 0 Å². The highest BCUT2D eigenvalue weighted by Gasteiger charge is 2.21. The molecule has 4 heterocycles. The van der Waals surface area contributed by atoms with Gasteiger partial charge in [0.1, 0.15) is 74.8 Å². The van der Waals surface area contributed by atoms with Crippen molar-refractivity contribution in [2.24, 2.45) is 0 Å². The van der Waals surface area contributed by atoms with Crippen LogP contribution in [0.2, 0.25) is 0 Å². The van der Waals surface area contributed by atoms with Gasteiger partial charge in [0, 0.05) is 0 Å². The molecule has 12 rings (SSSR count). The van der Waals surface area contributed by atoms with Gasteiger partial charge < -0.3 is 0 Å². The number of nitrogens with zero attached hydrogens (tertiary/aromatic N) is 20. The quantitative estimate of drug-likeness (QED) is 0.110. The maximum Gasteiger partial charge on any atom is 0.137 e. The molecule has 0 N–H and O–H groups in total. The van der Waals surface area contributed by atoms with E-state index < -0.39 is 0 Å². The molecule has 0 amide bonds. The molecule has 0 aliphatic heterocycles. The van der Waals surface area contributed by atoms with E-state index in [4.69, 9.17) is 42.1 Å². The Morgan fingerprint density at radius 2 is 0.330 bits per heavy atom. The topological polar surface area (TPSA) is 313 Å². The lowest BCUT2D eigenvalue weighted by Gasteiger charge is -2.18. The zero-order valence-electron chi connectivity index (χ0n) is 46.3. The predicted molar refractivity (Wildman–Crippen MR) is 318 cm³/mol. The van der Waals surface area contributed by atoms with E-state index in [9.17, 15) is 0 Å². The third-order valence-corrected chi connectivity index (χ3v) is 13.6. The molecule has 0 saturated carbocycles. The molecule has 8 aromatic carbocycles. The van der Waals surface area contributed by atoms with Crippen molar-refractivity contribution in [2.75, 3.05) is 0 Å². The molecule has 20 heteroatoms. The van der Waals surface area contributed by atoms with Crippen molar-refractivity contribution in [3.05, 3.63) is 334 Å². The molecule has 0 atom stereocenters. The summed E-state index contributed by atoms with van der Waals surface area (Å²) in [5.41, 5.74) is 12.9. The average Bonchev–Trinajstić information content (AvgIpc) is 3.96. The molecule has 0 fully saturated rings. The Kier molecular flexibility index (Phi) is 19.6. The van der Waals surface area contributed by atoms with Crippen LogP contribution in [-0.2, 0) is 0 Å². The minimum absolute atomic E-state index is 0.150. The van der Waals surface area contributed by atoms with Crippen LogP contribution < -0.4 is 0 Å². The third-order valence-electron chi connectivity index (χ3n) is 13.6. The maximum atomic E-state index is 8.92. The van der Waals surface area contributed by atoms with Gasteiger partial charge in [-0.05, 0) is 142 Å². The SMILES string of the molecule is N#Cc1ccc(C(c2ccc(C#N)cc2)n2cncn2)cc1.N#Cc1ccc(C(c2ccc(C#N)cc2)n2cncn2)cc1.N#Cc1ccc(C(c2ccc(C#N)cc2)n2cncn2)cc1.N#Cc1ccc(C(c2ccc(C#N)cc2)n2cncn2)cc1. The van der Waals surface area contributed by atoms with E-state index in [0.717, 1.165) is 44.5 Å². The molecule has 0 spiro atoms. The zero-order valence-corrected chi connectivity index (χ0v) is 46.3. The van der Waals surface area contributed by atoms with Crippen molar-refractivity contribution in [3.8, 4) is 48.6 Å². The molecule has 0 aliphatic carbocycles. The average molecular weight is 1140 g/mol. The lowest BCUT2D eigenvalue weighted by Crippen LogP contribution is -2.13. The Hall–Kier alpha value is -13.8. The number of rotatable bonds is 12. The molecule has 20 nitrogen and oxygen atoms in total. The second kappa shape index (κ2) is 29.3. The lowest BCUT2D eigenvalue weighted by atomic mass is 9.97. The van der Waals surface area contributed by atoms with E-state index in [1.807, 2.05) is 97.1 Å². The van der Waals surface area contributed by atoms with Crippen molar-refractivity contribution in [1.82, 2.24) is 59.1 Å². The molecule has 416 valence electrons. The van der Waals surface area contributed by atoms with Gasteiger partial charge in [-0.25, -0.2) is 38.7 Å². The Morgan fingerprint density at radius 3 is 0.420 bits per heavy atom. The first-order valence-electron chi connectivity index (χ1n) is 26.6. The Morgan fingerprint density at radius 1 is 0.205 bits per heavy atom. The van der Waals surface area contributed by atoms with Gasteiger partial charge in [-0.15, -0.1) is 0 Å². The molecule has 0 bridgehead atoms. The second-order valence-corrected chi connectivity index (χ2v) is 19.0. The molecular formula is C68H44N20. The number of nitriles is 8. The standard InChI is InChI=1S/4C17H11N5/c4*18-9-13-1-5-15(6-2-13)17(22-12-20-11-21-22)16-7-3-14(10-19)4-8-16/h4*1-8,11-12,17H. The fourth-order valence-corrected chi connectivity index (χ4v) is 9.31. The third kappa shape index (κ3) is 14.6. The minimum atomic E-state index is -0.150. The summed E-state index contributed by atoms with van der Waals surface area (Å²) in [6.07, 6.45) is 12.6. The van der Waals surface area contributed by atoms with E-state index in [0.29, 0.717) is 44.5 Å². The van der Waals surface area contributed by atoms with E-state index in [1.165, 1.54) is 25.3 Å². The normalized spacial score (nSPS) is 10.1. The summed E-state index contributed by atoms with van der Waals surface area (Å²) in [6, 6.07) is 75.3. The molecule has 0 aliphatic rings. The van der Waals surface area contributed by atoms with Crippen molar-refractivity contribution in [2.45, 2.75) is 24.2 Å². The first-order chi connectivity index (χ1) is 43.3. The van der Waals surface area contributed by atoms with Gasteiger partial charge in [-0.2, -0.15) is 62.5 Å². The molecular weight excluding hydrogens is 1100 g/mol. The van der Waals surface area contributed by atoms with Crippen LogP contribution in [0.5, 0.6) is 0 Å². The van der Waals surface area contributed by atoms with E-state index in [-0.39, 0.29) is 24.2 Å². The number of benzene rings is 8. The highest BCUT2D eigenvalue weighted by atomic mass is 15.3. The lowest BCUT2D eigenvalue weighted by molar-refractivity contribution is 0.594. The van der Waals surface area contributed by atoms with Crippen molar-refractivity contribution in [3.63, 3.8) is 0 Å². The van der Waals surface area contributed by atoms with Crippen LogP contribution in [0, 0.1) is 90.6 Å². The Bertz CT molecular complexity index is 3700. The maximum absolute atomic E-state index is 8.92. The summed E-state index contributed by atoms with van der Waals surface area (Å²) in [7, 11) is 0. The largest absolute Gasteiger partial charge is 0.241 e. The number of hydrogen-bond acceptors (Lipinski definition) is 16. The first-order valence-corrected chi connectivity index (χ1v) is 26.6. The van der Waals surface area contributed by atoms with Gasteiger partial charge in [0.2, 0.25) is 0 Å². The Labute approximate surface area is 505 Å². The summed E-state index contributed by atoms with van der Waals surface area (Å²) < 4.78 is 7.01. The molecule has 4 aromatic heterocycles. The molecule has 0 saturated heterocycles. The fourth-order valence-electron chi connectivity index (χ4n) is 9.31. The molecule has 0 unspecified atom stereocenters. The fraction of sp³-hybridized carbons (Fsp3) is 0.0588. The van der Waals surface area contributed by atoms with Crippen molar-refractivity contribution < 1.29 is 0 Å². The van der Waals surface area contributed by atoms with Crippen LogP contribution in [0.4, 0.5) is 0 Å². The smallest absolute Gasteiger partial charge is 0.137 e. The minimum Gasteiger partial charge on any atom is -0.241 e. The van der Waals surface area contributed by atoms with E-state index >= 15 is 0 Å². The van der Waals surface area contributed by atoms with Crippen LogP contribution in [0.15, 0.2) is 245 Å². The summed E-state index contributed by atoms with van der Waals surface area (Å²) in [5.74, 6) is 0. The van der Waals surface area contributed by atoms with Gasteiger partial charge in [0.05, 0.1) is 93.1 Å². The van der Waals surface area contributed by atoms with Gasteiger partial charge in [-0.1, -0.05) is 97.1 Å². The van der Waals surface area contributed by atoms with E-state index in [1.54, 1.807) is 141 Å².